The molecule has 1 amide bonds. The second-order valence-electron chi connectivity index (χ2n) is 4.53. The molecule has 0 saturated heterocycles. The van der Waals surface area contributed by atoms with Crippen molar-refractivity contribution < 1.29 is 9.53 Å². The molecule has 0 saturated carbocycles. The van der Waals surface area contributed by atoms with E-state index >= 15 is 0 Å². The van der Waals surface area contributed by atoms with E-state index in [4.69, 9.17) is 10.5 Å². The highest BCUT2D eigenvalue weighted by Crippen LogP contribution is 2.23. The first-order valence-electron chi connectivity index (χ1n) is 6.47. The molecule has 1 aromatic carbocycles. The third kappa shape index (κ3) is 6.59. The predicted octanol–water partition coefficient (Wildman–Crippen LogP) is 2.32. The summed E-state index contributed by atoms with van der Waals surface area (Å²) in [5.74, 6) is 1.18. The van der Waals surface area contributed by atoms with Gasteiger partial charge in [-0.3, -0.25) is 4.79 Å². The van der Waals surface area contributed by atoms with E-state index in [-0.39, 0.29) is 5.91 Å². The van der Waals surface area contributed by atoms with Crippen LogP contribution in [-0.4, -0.2) is 25.6 Å². The fourth-order valence-electron chi connectivity index (χ4n) is 1.44. The number of hydrogen-bond acceptors (Lipinski definition) is 3. The van der Waals surface area contributed by atoms with Crippen molar-refractivity contribution in [2.24, 2.45) is 11.7 Å². The summed E-state index contributed by atoms with van der Waals surface area (Å²) in [4.78, 5) is 11.5. The van der Waals surface area contributed by atoms with E-state index < -0.39 is 0 Å². The van der Waals surface area contributed by atoms with Gasteiger partial charge >= 0.3 is 0 Å². The minimum Gasteiger partial charge on any atom is -0.492 e. The highest BCUT2D eigenvalue weighted by Gasteiger charge is 2.04. The first kappa shape index (κ1) is 16.0. The molecule has 0 aliphatic heterocycles. The fourth-order valence-corrected chi connectivity index (χ4v) is 1.84. The second kappa shape index (κ2) is 8.93. The van der Waals surface area contributed by atoms with Crippen LogP contribution in [0.2, 0.25) is 0 Å². The summed E-state index contributed by atoms with van der Waals surface area (Å²) < 4.78 is 6.51. The van der Waals surface area contributed by atoms with Gasteiger partial charge in [0, 0.05) is 13.0 Å². The van der Waals surface area contributed by atoms with Gasteiger partial charge < -0.3 is 15.8 Å². The molecule has 0 radical (unpaired) electrons. The number of rotatable bonds is 8. The SMILES string of the molecule is CC(CN)CNC(=O)CCCOc1ccccc1Br. The van der Waals surface area contributed by atoms with E-state index in [1.807, 2.05) is 31.2 Å². The van der Waals surface area contributed by atoms with Crippen molar-refractivity contribution in [2.45, 2.75) is 19.8 Å². The van der Waals surface area contributed by atoms with Crippen LogP contribution in [0.5, 0.6) is 5.75 Å². The Balaban J connectivity index is 2.14. The highest BCUT2D eigenvalue weighted by molar-refractivity contribution is 9.10. The molecule has 0 bridgehead atoms. The first-order chi connectivity index (χ1) is 9.13. The molecule has 0 fully saturated rings. The van der Waals surface area contributed by atoms with E-state index in [0.29, 0.717) is 38.5 Å². The molecule has 4 nitrogen and oxygen atoms in total. The number of carbonyl (C=O) groups is 1. The van der Waals surface area contributed by atoms with E-state index in [9.17, 15) is 4.79 Å². The lowest BCUT2D eigenvalue weighted by Gasteiger charge is -2.10. The molecule has 3 N–H and O–H groups in total. The largest absolute Gasteiger partial charge is 0.492 e. The molecule has 1 aromatic rings. The van der Waals surface area contributed by atoms with Crippen molar-refractivity contribution >= 4 is 21.8 Å². The summed E-state index contributed by atoms with van der Waals surface area (Å²) in [5.41, 5.74) is 5.48. The Morgan fingerprint density at radius 1 is 1.47 bits per heavy atom. The van der Waals surface area contributed by atoms with Crippen LogP contribution in [0.3, 0.4) is 0 Å². The van der Waals surface area contributed by atoms with Crippen LogP contribution >= 0.6 is 15.9 Å². The Morgan fingerprint density at radius 3 is 2.89 bits per heavy atom. The number of benzene rings is 1. The first-order valence-corrected chi connectivity index (χ1v) is 7.27. The lowest BCUT2D eigenvalue weighted by atomic mass is 10.2. The van der Waals surface area contributed by atoms with Crippen LogP contribution in [0.25, 0.3) is 0 Å². The number of ether oxygens (including phenoxy) is 1. The Bertz CT molecular complexity index is 399. The third-order valence-corrected chi connectivity index (χ3v) is 3.35. The van der Waals surface area contributed by atoms with E-state index in [2.05, 4.69) is 21.2 Å². The number of amides is 1. The number of halogens is 1. The predicted molar refractivity (Wildman–Crippen MR) is 80.1 cm³/mol. The number of nitrogens with one attached hydrogen (secondary N) is 1. The van der Waals surface area contributed by atoms with Crippen LogP contribution in [0.15, 0.2) is 28.7 Å². The standard InChI is InChI=1S/C14H21BrN2O2/c1-11(9-16)10-17-14(18)7-4-8-19-13-6-3-2-5-12(13)15/h2-3,5-6,11H,4,7-10,16H2,1H3,(H,17,18). The average Bonchev–Trinajstić information content (AvgIpc) is 2.42. The van der Waals surface area contributed by atoms with Crippen molar-refractivity contribution in [3.63, 3.8) is 0 Å². The van der Waals surface area contributed by atoms with Gasteiger partial charge in [-0.05, 0) is 46.9 Å². The molecule has 0 aliphatic carbocycles. The lowest BCUT2D eigenvalue weighted by molar-refractivity contribution is -0.121. The molecule has 0 heterocycles. The highest BCUT2D eigenvalue weighted by atomic mass is 79.9. The average molecular weight is 329 g/mol. The van der Waals surface area contributed by atoms with Crippen molar-refractivity contribution in [1.29, 1.82) is 0 Å². The van der Waals surface area contributed by atoms with E-state index in [1.54, 1.807) is 0 Å². The molecular formula is C14H21BrN2O2. The second-order valence-corrected chi connectivity index (χ2v) is 5.38. The summed E-state index contributed by atoms with van der Waals surface area (Å²) in [6.07, 6.45) is 1.17. The van der Waals surface area contributed by atoms with Gasteiger partial charge in [-0.15, -0.1) is 0 Å². The molecule has 5 heteroatoms. The van der Waals surface area contributed by atoms with Crippen molar-refractivity contribution in [3.8, 4) is 5.75 Å². The molecule has 0 aromatic heterocycles. The smallest absolute Gasteiger partial charge is 0.220 e. The van der Waals surface area contributed by atoms with Gasteiger partial charge in [0.15, 0.2) is 0 Å². The Labute approximate surface area is 122 Å². The van der Waals surface area contributed by atoms with Gasteiger partial charge in [0.1, 0.15) is 5.75 Å². The topological polar surface area (TPSA) is 64.3 Å². The van der Waals surface area contributed by atoms with Gasteiger partial charge in [0.05, 0.1) is 11.1 Å². The number of para-hydroxylation sites is 1. The van der Waals surface area contributed by atoms with Gasteiger partial charge in [-0.1, -0.05) is 19.1 Å². The number of nitrogens with two attached hydrogens (primary N) is 1. The van der Waals surface area contributed by atoms with Gasteiger partial charge in [0.2, 0.25) is 5.91 Å². The van der Waals surface area contributed by atoms with Crippen molar-refractivity contribution in [2.75, 3.05) is 19.7 Å². The molecule has 1 rings (SSSR count). The summed E-state index contributed by atoms with van der Waals surface area (Å²) in [7, 11) is 0. The minimum atomic E-state index is 0.0519. The van der Waals surface area contributed by atoms with Crippen LogP contribution in [0.4, 0.5) is 0 Å². The molecular weight excluding hydrogens is 308 g/mol. The Hall–Kier alpha value is -1.07. The Kier molecular flexibility index (Phi) is 7.52. The molecule has 19 heavy (non-hydrogen) atoms. The van der Waals surface area contributed by atoms with Crippen molar-refractivity contribution in [1.82, 2.24) is 5.32 Å². The van der Waals surface area contributed by atoms with Crippen LogP contribution in [0, 0.1) is 5.92 Å². The molecule has 0 aliphatic rings. The lowest BCUT2D eigenvalue weighted by Crippen LogP contribution is -2.31. The monoisotopic (exact) mass is 328 g/mol. The third-order valence-electron chi connectivity index (χ3n) is 2.69. The fraction of sp³-hybridized carbons (Fsp3) is 0.500. The summed E-state index contributed by atoms with van der Waals surface area (Å²) >= 11 is 3.41. The zero-order valence-electron chi connectivity index (χ0n) is 11.2. The van der Waals surface area contributed by atoms with Crippen LogP contribution in [0.1, 0.15) is 19.8 Å². The minimum absolute atomic E-state index is 0.0519. The molecule has 106 valence electrons. The normalized spacial score (nSPS) is 11.9. The maximum absolute atomic E-state index is 11.5. The number of hydrogen-bond donors (Lipinski definition) is 2. The van der Waals surface area contributed by atoms with Crippen LogP contribution < -0.4 is 15.8 Å². The summed E-state index contributed by atoms with van der Waals surface area (Å²) in [6.45, 7) is 3.77. The molecule has 1 unspecified atom stereocenters. The maximum Gasteiger partial charge on any atom is 0.220 e. The zero-order chi connectivity index (χ0) is 14.1. The van der Waals surface area contributed by atoms with Crippen molar-refractivity contribution in [3.05, 3.63) is 28.7 Å². The van der Waals surface area contributed by atoms with Gasteiger partial charge in [0.25, 0.3) is 0 Å². The van der Waals surface area contributed by atoms with E-state index in [1.165, 1.54) is 0 Å². The molecule has 1 atom stereocenters. The molecule has 0 spiro atoms. The maximum atomic E-state index is 11.5. The summed E-state index contributed by atoms with van der Waals surface area (Å²) in [5, 5.41) is 2.86. The summed E-state index contributed by atoms with van der Waals surface area (Å²) in [6, 6.07) is 7.67. The van der Waals surface area contributed by atoms with E-state index in [0.717, 1.165) is 10.2 Å². The van der Waals surface area contributed by atoms with Crippen LogP contribution in [-0.2, 0) is 4.79 Å². The van der Waals surface area contributed by atoms with Gasteiger partial charge in [-0.2, -0.15) is 0 Å². The van der Waals surface area contributed by atoms with Gasteiger partial charge in [-0.25, -0.2) is 0 Å². The quantitative estimate of drug-likeness (QED) is 0.720. The number of carbonyl (C=O) groups excluding carboxylic acids is 1. The Morgan fingerprint density at radius 2 is 2.21 bits per heavy atom. The zero-order valence-corrected chi connectivity index (χ0v) is 12.8.